The normalized spacial score (nSPS) is 12.1. The molecule has 2 aromatic carbocycles. The maximum absolute atomic E-state index is 12.7. The predicted molar refractivity (Wildman–Crippen MR) is 114 cm³/mol. The van der Waals surface area contributed by atoms with Crippen molar-refractivity contribution in [3.05, 3.63) is 83.6 Å². The highest BCUT2D eigenvalue weighted by Gasteiger charge is 2.14. The lowest BCUT2D eigenvalue weighted by Gasteiger charge is -2.11. The number of fused-ring (bicyclic) bond motifs is 1. The van der Waals surface area contributed by atoms with E-state index < -0.39 is 6.10 Å². The van der Waals surface area contributed by atoms with E-state index >= 15 is 0 Å². The van der Waals surface area contributed by atoms with Crippen LogP contribution in [0.2, 0.25) is 0 Å². The Morgan fingerprint density at radius 2 is 1.83 bits per heavy atom. The standard InChI is InChI=1S/C23H22N4O3/c1-15-13-22-24-21(14-19(27(22)26-15)16-5-3-2-4-6-16)25-23(30)18-9-7-17(8-10-18)20(29)11-12-28/h2-10,13-14,20,28-29H,11-12H2,1H3,(H,24,25,30)/t20-/m1/s1. The molecule has 2 aromatic heterocycles. The molecule has 152 valence electrons. The maximum atomic E-state index is 12.7. The molecule has 30 heavy (non-hydrogen) atoms. The number of rotatable bonds is 6. The van der Waals surface area contributed by atoms with Gasteiger partial charge in [-0.2, -0.15) is 5.10 Å². The summed E-state index contributed by atoms with van der Waals surface area (Å²) in [5.41, 5.74) is 4.37. The van der Waals surface area contributed by atoms with E-state index in [1.54, 1.807) is 34.8 Å². The summed E-state index contributed by atoms with van der Waals surface area (Å²) in [6.07, 6.45) is -0.502. The molecular formula is C23H22N4O3. The molecule has 4 rings (SSSR count). The predicted octanol–water partition coefficient (Wildman–Crippen LogP) is 3.37. The number of carbonyl (C=O) groups excluding carboxylic acids is 1. The second-order valence-corrected chi connectivity index (χ2v) is 7.05. The molecule has 7 nitrogen and oxygen atoms in total. The Morgan fingerprint density at radius 3 is 2.53 bits per heavy atom. The Balaban J connectivity index is 1.63. The summed E-state index contributed by atoms with van der Waals surface area (Å²) in [6, 6.07) is 20.1. The van der Waals surface area contributed by atoms with Crippen LogP contribution in [0.25, 0.3) is 16.9 Å². The molecule has 7 heteroatoms. The number of aliphatic hydroxyl groups excluding tert-OH is 2. The van der Waals surface area contributed by atoms with Crippen LogP contribution in [0.4, 0.5) is 5.82 Å². The van der Waals surface area contributed by atoms with Crippen molar-refractivity contribution in [3.63, 3.8) is 0 Å². The Morgan fingerprint density at radius 1 is 1.10 bits per heavy atom. The molecule has 0 bridgehead atoms. The number of nitrogens with zero attached hydrogens (tertiary/aromatic N) is 3. The summed E-state index contributed by atoms with van der Waals surface area (Å²) < 4.78 is 1.76. The monoisotopic (exact) mass is 402 g/mol. The summed E-state index contributed by atoms with van der Waals surface area (Å²) in [7, 11) is 0. The van der Waals surface area contributed by atoms with Crippen molar-refractivity contribution in [2.75, 3.05) is 11.9 Å². The van der Waals surface area contributed by atoms with E-state index in [-0.39, 0.29) is 18.9 Å². The Hall–Kier alpha value is -3.55. The van der Waals surface area contributed by atoms with E-state index in [0.29, 0.717) is 22.6 Å². The maximum Gasteiger partial charge on any atom is 0.256 e. The number of hydrogen-bond acceptors (Lipinski definition) is 5. The van der Waals surface area contributed by atoms with Gasteiger partial charge in [0.15, 0.2) is 5.65 Å². The fourth-order valence-electron chi connectivity index (χ4n) is 3.30. The smallest absolute Gasteiger partial charge is 0.256 e. The van der Waals surface area contributed by atoms with Crippen LogP contribution < -0.4 is 5.32 Å². The molecule has 3 N–H and O–H groups in total. The van der Waals surface area contributed by atoms with E-state index in [1.165, 1.54) is 0 Å². The van der Waals surface area contributed by atoms with Crippen molar-refractivity contribution in [2.45, 2.75) is 19.4 Å². The fourth-order valence-corrected chi connectivity index (χ4v) is 3.30. The van der Waals surface area contributed by atoms with E-state index in [4.69, 9.17) is 5.11 Å². The molecule has 0 aliphatic rings. The summed E-state index contributed by atoms with van der Waals surface area (Å²) in [6.45, 7) is 1.80. The van der Waals surface area contributed by atoms with Crippen LogP contribution >= 0.6 is 0 Å². The first kappa shape index (κ1) is 19.8. The van der Waals surface area contributed by atoms with Gasteiger partial charge in [0, 0.05) is 36.3 Å². The lowest BCUT2D eigenvalue weighted by molar-refractivity contribution is 0.102. The highest BCUT2D eigenvalue weighted by atomic mass is 16.3. The van der Waals surface area contributed by atoms with Crippen LogP contribution in [0.15, 0.2) is 66.7 Å². The van der Waals surface area contributed by atoms with Crippen molar-refractivity contribution in [2.24, 2.45) is 0 Å². The largest absolute Gasteiger partial charge is 0.396 e. The molecule has 2 heterocycles. The fraction of sp³-hybridized carbons (Fsp3) is 0.174. The van der Waals surface area contributed by atoms with Gasteiger partial charge in [-0.15, -0.1) is 0 Å². The molecular weight excluding hydrogens is 380 g/mol. The van der Waals surface area contributed by atoms with Gasteiger partial charge in [0.05, 0.1) is 17.5 Å². The van der Waals surface area contributed by atoms with Gasteiger partial charge in [0.2, 0.25) is 0 Å². The summed E-state index contributed by atoms with van der Waals surface area (Å²) in [5, 5.41) is 26.3. The number of anilines is 1. The molecule has 0 spiro atoms. The van der Waals surface area contributed by atoms with Gasteiger partial charge in [-0.25, -0.2) is 9.50 Å². The SMILES string of the molecule is Cc1cc2nc(NC(=O)c3ccc([C@H](O)CCO)cc3)cc(-c3ccccc3)n2n1. The Kier molecular flexibility index (Phi) is 5.56. The second-order valence-electron chi connectivity index (χ2n) is 7.05. The third-order valence-electron chi connectivity index (χ3n) is 4.82. The molecule has 0 saturated heterocycles. The van der Waals surface area contributed by atoms with Crippen LogP contribution in [0.1, 0.15) is 34.1 Å². The van der Waals surface area contributed by atoms with Gasteiger partial charge in [0.1, 0.15) is 5.82 Å². The zero-order valence-corrected chi connectivity index (χ0v) is 16.5. The van der Waals surface area contributed by atoms with Crippen molar-refractivity contribution < 1.29 is 15.0 Å². The van der Waals surface area contributed by atoms with Gasteiger partial charge >= 0.3 is 0 Å². The highest BCUT2D eigenvalue weighted by Crippen LogP contribution is 2.24. The van der Waals surface area contributed by atoms with Crippen LogP contribution in [-0.2, 0) is 0 Å². The third-order valence-corrected chi connectivity index (χ3v) is 4.82. The molecule has 0 aliphatic carbocycles. The molecule has 1 amide bonds. The average molecular weight is 402 g/mol. The molecule has 1 atom stereocenters. The molecule has 0 fully saturated rings. The van der Waals surface area contributed by atoms with Gasteiger partial charge in [-0.1, -0.05) is 42.5 Å². The summed E-state index contributed by atoms with van der Waals surface area (Å²) >= 11 is 0. The van der Waals surface area contributed by atoms with Crippen molar-refractivity contribution in [1.82, 2.24) is 14.6 Å². The molecule has 0 saturated carbocycles. The molecule has 0 radical (unpaired) electrons. The first-order valence-electron chi connectivity index (χ1n) is 9.68. The zero-order valence-electron chi connectivity index (χ0n) is 16.5. The molecule has 0 aliphatic heterocycles. The number of aliphatic hydroxyl groups is 2. The second kappa shape index (κ2) is 8.44. The number of aromatic nitrogens is 3. The van der Waals surface area contributed by atoms with Gasteiger partial charge in [0.25, 0.3) is 5.91 Å². The van der Waals surface area contributed by atoms with Crippen LogP contribution in [0.5, 0.6) is 0 Å². The third kappa shape index (κ3) is 4.07. The van der Waals surface area contributed by atoms with Crippen LogP contribution in [0.3, 0.4) is 0 Å². The van der Waals surface area contributed by atoms with Crippen molar-refractivity contribution in [1.29, 1.82) is 0 Å². The number of benzene rings is 2. The lowest BCUT2D eigenvalue weighted by Crippen LogP contribution is -2.14. The van der Waals surface area contributed by atoms with Crippen LogP contribution in [0, 0.1) is 6.92 Å². The topological polar surface area (TPSA) is 99.8 Å². The van der Waals surface area contributed by atoms with Gasteiger partial charge in [-0.3, -0.25) is 4.79 Å². The van der Waals surface area contributed by atoms with Gasteiger partial charge < -0.3 is 15.5 Å². The van der Waals surface area contributed by atoms with Gasteiger partial charge in [-0.05, 0) is 24.6 Å². The van der Waals surface area contributed by atoms with E-state index in [2.05, 4.69) is 15.4 Å². The first-order valence-corrected chi connectivity index (χ1v) is 9.68. The highest BCUT2D eigenvalue weighted by molar-refractivity contribution is 6.04. The van der Waals surface area contributed by atoms with E-state index in [9.17, 15) is 9.90 Å². The minimum Gasteiger partial charge on any atom is -0.396 e. The average Bonchev–Trinajstić information content (AvgIpc) is 3.14. The quantitative estimate of drug-likeness (QED) is 0.459. The first-order chi connectivity index (χ1) is 14.5. The van der Waals surface area contributed by atoms with Crippen LogP contribution in [-0.4, -0.2) is 37.3 Å². The number of hydrogen-bond donors (Lipinski definition) is 3. The van der Waals surface area contributed by atoms with E-state index in [1.807, 2.05) is 43.3 Å². The summed E-state index contributed by atoms with van der Waals surface area (Å²) in [5.74, 6) is 0.126. The number of carbonyl (C=O) groups is 1. The van der Waals surface area contributed by atoms with Crippen molar-refractivity contribution >= 4 is 17.4 Å². The zero-order chi connectivity index (χ0) is 21.1. The Labute approximate surface area is 173 Å². The number of aryl methyl sites for hydroxylation is 1. The Bertz CT molecular complexity index is 1170. The van der Waals surface area contributed by atoms with Crippen molar-refractivity contribution in [3.8, 4) is 11.3 Å². The minimum absolute atomic E-state index is 0.102. The lowest BCUT2D eigenvalue weighted by atomic mass is 10.0. The molecule has 4 aromatic rings. The number of nitrogens with one attached hydrogen (secondary N) is 1. The minimum atomic E-state index is -0.755. The number of amides is 1. The summed E-state index contributed by atoms with van der Waals surface area (Å²) in [4.78, 5) is 17.3. The van der Waals surface area contributed by atoms with E-state index in [0.717, 1.165) is 17.0 Å². The molecule has 0 unspecified atom stereocenters.